The lowest BCUT2D eigenvalue weighted by atomic mass is 9.95. The number of hydrogen-bond donors (Lipinski definition) is 5. The van der Waals surface area contributed by atoms with Gasteiger partial charge in [-0.15, -0.1) is 0 Å². The zero-order chi connectivity index (χ0) is 30.6. The van der Waals surface area contributed by atoms with Crippen LogP contribution in [0.3, 0.4) is 0 Å². The minimum absolute atomic E-state index is 0.0570. The summed E-state index contributed by atoms with van der Waals surface area (Å²) in [7, 11) is 4.01. The van der Waals surface area contributed by atoms with Crippen LogP contribution in [-0.4, -0.2) is 72.3 Å². The number of aliphatic hydroxyl groups is 1. The zero-order valence-corrected chi connectivity index (χ0v) is 26.0. The summed E-state index contributed by atoms with van der Waals surface area (Å²) >= 11 is 0. The summed E-state index contributed by atoms with van der Waals surface area (Å²) < 4.78 is 0. The number of H-pyrrole nitrogens is 2. The van der Waals surface area contributed by atoms with Crippen molar-refractivity contribution < 1.29 is 14.7 Å². The molecule has 43 heavy (non-hydrogen) atoms. The van der Waals surface area contributed by atoms with Gasteiger partial charge in [0.1, 0.15) is 12.1 Å². The summed E-state index contributed by atoms with van der Waals surface area (Å²) in [5.41, 5.74) is 8.89. The molecule has 6 rings (SSSR count). The Bertz CT molecular complexity index is 1680. The van der Waals surface area contributed by atoms with Crippen molar-refractivity contribution in [2.24, 2.45) is 11.8 Å². The highest BCUT2D eigenvalue weighted by Gasteiger charge is 2.33. The number of aromatic amines is 2. The van der Waals surface area contributed by atoms with E-state index in [4.69, 9.17) is 0 Å². The molecule has 0 aliphatic carbocycles. The zero-order valence-electron chi connectivity index (χ0n) is 26.0. The number of nitrogens with zero attached hydrogens (tertiary/aromatic N) is 2. The molecule has 0 bridgehead atoms. The molecular formula is C34H44N6O3. The van der Waals surface area contributed by atoms with Crippen molar-refractivity contribution in [3.05, 3.63) is 58.9 Å². The largest absolute Gasteiger partial charge is 0.394 e. The van der Waals surface area contributed by atoms with Gasteiger partial charge in [-0.1, -0.05) is 39.8 Å². The Morgan fingerprint density at radius 2 is 1.35 bits per heavy atom. The van der Waals surface area contributed by atoms with Gasteiger partial charge in [0.2, 0.25) is 11.8 Å². The first-order valence-electron chi connectivity index (χ1n) is 15.5. The fraction of sp³-hybridized carbons (Fsp3) is 0.471. The van der Waals surface area contributed by atoms with Crippen molar-refractivity contribution in [2.75, 3.05) is 37.0 Å². The van der Waals surface area contributed by atoms with Gasteiger partial charge < -0.3 is 35.5 Å². The van der Waals surface area contributed by atoms with Crippen LogP contribution in [0.1, 0.15) is 49.9 Å². The van der Waals surface area contributed by atoms with E-state index in [0.717, 1.165) is 39.8 Å². The van der Waals surface area contributed by atoms with Gasteiger partial charge in [0.15, 0.2) is 0 Å². The summed E-state index contributed by atoms with van der Waals surface area (Å²) in [6.45, 7) is 8.80. The maximum absolute atomic E-state index is 13.3. The smallest absolute Gasteiger partial charge is 0.243 e. The third-order valence-corrected chi connectivity index (χ3v) is 9.47. The number of carbonyl (C=O) groups excluding carboxylic acids is 2. The number of aliphatic hydroxyl groups excluding tert-OH is 1. The van der Waals surface area contributed by atoms with Crippen LogP contribution in [0.2, 0.25) is 0 Å². The van der Waals surface area contributed by atoms with Gasteiger partial charge in [-0.05, 0) is 59.1 Å². The highest BCUT2D eigenvalue weighted by Crippen LogP contribution is 2.39. The highest BCUT2D eigenvalue weighted by molar-refractivity contribution is 6.02. The second-order valence-corrected chi connectivity index (χ2v) is 13.0. The summed E-state index contributed by atoms with van der Waals surface area (Å²) in [4.78, 5) is 37.7. The molecule has 4 aromatic rings. The standard InChI is InChI=1S/C34H44N6O3/c1-18(2)31-33(42)35-12-11-22-15-36-29-20(7-9-25(27(22)29)39(31)5)13-21-8-10-26-28-23(16-37-30(21)28)14-24(17-41)38-34(43)32(19(3)4)40(26)6/h7-10,15-16,18-19,24,31-32,36-37,41H,11-14,17H2,1-6H3,(H,35,42)(H,38,43)/t24-,31-,32-/m0/s1. The molecule has 2 aliphatic rings. The lowest BCUT2D eigenvalue weighted by molar-refractivity contribution is -0.124. The topological polar surface area (TPSA) is 116 Å². The molecule has 0 spiro atoms. The summed E-state index contributed by atoms with van der Waals surface area (Å²) in [6.07, 6.45) is 6.14. The molecule has 5 N–H and O–H groups in total. The Hall–Kier alpha value is -3.98. The number of nitrogens with one attached hydrogen (secondary N) is 4. The van der Waals surface area contributed by atoms with Crippen LogP contribution in [0.4, 0.5) is 11.4 Å². The number of anilines is 2. The molecule has 0 fully saturated rings. The van der Waals surface area contributed by atoms with Crippen LogP contribution in [0, 0.1) is 11.8 Å². The third kappa shape index (κ3) is 4.93. The van der Waals surface area contributed by atoms with E-state index < -0.39 is 0 Å². The van der Waals surface area contributed by atoms with Gasteiger partial charge >= 0.3 is 0 Å². The van der Waals surface area contributed by atoms with Gasteiger partial charge in [0, 0.05) is 61.6 Å². The van der Waals surface area contributed by atoms with Crippen LogP contribution < -0.4 is 20.4 Å². The Labute approximate surface area is 253 Å². The van der Waals surface area contributed by atoms with Crippen LogP contribution in [0.25, 0.3) is 21.8 Å². The number of aromatic nitrogens is 2. The quantitative estimate of drug-likeness (QED) is 0.244. The molecule has 9 heteroatoms. The molecule has 2 aromatic heterocycles. The van der Waals surface area contributed by atoms with Crippen LogP contribution in [0.15, 0.2) is 36.7 Å². The molecule has 228 valence electrons. The van der Waals surface area contributed by atoms with Crippen LogP contribution in [-0.2, 0) is 28.9 Å². The van der Waals surface area contributed by atoms with E-state index in [1.54, 1.807) is 0 Å². The second kappa shape index (κ2) is 11.3. The number of likely N-dealkylation sites (N-methyl/N-ethyl adjacent to an activating group) is 2. The highest BCUT2D eigenvalue weighted by atomic mass is 16.3. The molecule has 2 amide bonds. The minimum atomic E-state index is -0.357. The summed E-state index contributed by atoms with van der Waals surface area (Å²) in [5.74, 6) is 0.263. The SMILES string of the molecule is CC(C)[C@H]1C(=O)NCCc2c[nH]c3c(Cc4ccc5c6c(c[nH]c46)C[C@@H](CO)NC(=O)[C@H](C(C)C)N5C)ccc(c23)N1C. The van der Waals surface area contributed by atoms with E-state index in [-0.39, 0.29) is 48.4 Å². The first-order chi connectivity index (χ1) is 20.6. The van der Waals surface area contributed by atoms with Gasteiger partial charge in [0.25, 0.3) is 0 Å². The molecular weight excluding hydrogens is 540 g/mol. The van der Waals surface area contributed by atoms with Crippen molar-refractivity contribution in [1.29, 1.82) is 0 Å². The molecule has 2 aromatic carbocycles. The third-order valence-electron chi connectivity index (χ3n) is 9.47. The van der Waals surface area contributed by atoms with Gasteiger partial charge in [-0.2, -0.15) is 0 Å². The van der Waals surface area contributed by atoms with E-state index in [1.165, 1.54) is 22.1 Å². The van der Waals surface area contributed by atoms with Crippen molar-refractivity contribution in [2.45, 2.75) is 65.1 Å². The van der Waals surface area contributed by atoms with E-state index >= 15 is 0 Å². The Morgan fingerprint density at radius 3 is 1.91 bits per heavy atom. The van der Waals surface area contributed by atoms with Crippen molar-refractivity contribution >= 4 is 45.0 Å². The molecule has 3 atom stereocenters. The maximum atomic E-state index is 13.3. The molecule has 4 heterocycles. The predicted octanol–water partition coefficient (Wildman–Crippen LogP) is 3.87. The first kappa shape index (κ1) is 29.1. The fourth-order valence-electron chi connectivity index (χ4n) is 7.45. The molecule has 0 saturated carbocycles. The van der Waals surface area contributed by atoms with Gasteiger partial charge in [0.05, 0.1) is 23.7 Å². The van der Waals surface area contributed by atoms with Gasteiger partial charge in [-0.3, -0.25) is 9.59 Å². The number of benzene rings is 2. The van der Waals surface area contributed by atoms with E-state index in [0.29, 0.717) is 19.4 Å². The van der Waals surface area contributed by atoms with Gasteiger partial charge in [-0.25, -0.2) is 0 Å². The Morgan fingerprint density at radius 1 is 0.814 bits per heavy atom. The average molecular weight is 585 g/mol. The number of hydrogen-bond acceptors (Lipinski definition) is 5. The Balaban J connectivity index is 1.46. The van der Waals surface area contributed by atoms with E-state index in [1.807, 2.05) is 20.3 Å². The molecule has 2 aliphatic heterocycles. The lowest BCUT2D eigenvalue weighted by Gasteiger charge is -2.33. The molecule has 0 saturated heterocycles. The fourth-order valence-corrected chi connectivity index (χ4v) is 7.45. The molecule has 0 unspecified atom stereocenters. The monoisotopic (exact) mass is 584 g/mol. The predicted molar refractivity (Wildman–Crippen MR) is 173 cm³/mol. The van der Waals surface area contributed by atoms with E-state index in [2.05, 4.69) is 88.6 Å². The summed E-state index contributed by atoms with van der Waals surface area (Å²) in [6, 6.07) is 7.71. The van der Waals surface area contributed by atoms with Crippen LogP contribution in [0.5, 0.6) is 0 Å². The normalized spacial score (nSPS) is 21.4. The Kier molecular flexibility index (Phi) is 7.62. The van der Waals surface area contributed by atoms with Crippen LogP contribution >= 0.6 is 0 Å². The van der Waals surface area contributed by atoms with Crippen molar-refractivity contribution in [3.63, 3.8) is 0 Å². The number of carbonyl (C=O) groups is 2. The minimum Gasteiger partial charge on any atom is -0.394 e. The first-order valence-corrected chi connectivity index (χ1v) is 15.5. The lowest BCUT2D eigenvalue weighted by Crippen LogP contribution is -2.52. The maximum Gasteiger partial charge on any atom is 0.243 e. The average Bonchev–Trinajstić information content (AvgIpc) is 3.58. The molecule has 9 nitrogen and oxygen atoms in total. The van der Waals surface area contributed by atoms with E-state index in [9.17, 15) is 14.7 Å². The summed E-state index contributed by atoms with van der Waals surface area (Å²) in [5, 5.41) is 18.6. The second-order valence-electron chi connectivity index (χ2n) is 13.0. The molecule has 0 radical (unpaired) electrons. The van der Waals surface area contributed by atoms with Crippen molar-refractivity contribution in [1.82, 2.24) is 20.6 Å². The number of amides is 2. The van der Waals surface area contributed by atoms with Crippen molar-refractivity contribution in [3.8, 4) is 0 Å². The number of rotatable bonds is 5.